The Morgan fingerprint density at radius 1 is 1.31 bits per heavy atom. The number of aromatic nitrogens is 2. The molecule has 13 heavy (non-hydrogen) atoms. The van der Waals surface area contributed by atoms with Gasteiger partial charge in [-0.3, -0.25) is 9.78 Å². The van der Waals surface area contributed by atoms with E-state index in [4.69, 9.17) is 5.11 Å². The van der Waals surface area contributed by atoms with Crippen LogP contribution in [0.4, 0.5) is 0 Å². The minimum atomic E-state index is -1.34. The average molecular weight is 240 g/mol. The standard InChI is InChI=1S/C5H4N2O4.H2O.Zn/c8-3-1-2(4(9)10)6-5(11)7-3;;/h1H,(H,9,10)(H2,6,7,8,11);1H2;. The third-order valence-electron chi connectivity index (χ3n) is 0.991. The van der Waals surface area contributed by atoms with Crippen LogP contribution in [-0.4, -0.2) is 26.5 Å². The van der Waals surface area contributed by atoms with Gasteiger partial charge in [0.2, 0.25) is 0 Å². The van der Waals surface area contributed by atoms with Gasteiger partial charge in [-0.2, -0.15) is 0 Å². The summed E-state index contributed by atoms with van der Waals surface area (Å²) in [7, 11) is 0. The van der Waals surface area contributed by atoms with Crippen LogP contribution in [0.2, 0.25) is 0 Å². The first-order valence-corrected chi connectivity index (χ1v) is 2.66. The van der Waals surface area contributed by atoms with Crippen LogP contribution < -0.4 is 11.2 Å². The molecule has 0 aliphatic rings. The summed E-state index contributed by atoms with van der Waals surface area (Å²) in [5, 5.41) is 8.31. The molecule has 1 aromatic heterocycles. The minimum absolute atomic E-state index is 0. The maximum absolute atomic E-state index is 10.5. The molecule has 0 spiro atoms. The van der Waals surface area contributed by atoms with Crippen molar-refractivity contribution in [2.75, 3.05) is 0 Å². The fourth-order valence-corrected chi connectivity index (χ4v) is 0.584. The SMILES string of the molecule is O.O=C(O)c1cc(=O)[nH]c(=O)[nH]1.[Zn]. The summed E-state index contributed by atoms with van der Waals surface area (Å²) < 4.78 is 0. The van der Waals surface area contributed by atoms with E-state index in [2.05, 4.69) is 0 Å². The summed E-state index contributed by atoms with van der Waals surface area (Å²) in [5.74, 6) is -1.34. The Balaban J connectivity index is 0. The number of aromatic carboxylic acids is 1. The second-order valence-corrected chi connectivity index (χ2v) is 1.81. The molecular formula is C5H6N2O5Zn. The smallest absolute Gasteiger partial charge is 0.352 e. The van der Waals surface area contributed by atoms with Gasteiger partial charge in [0.15, 0.2) is 0 Å². The van der Waals surface area contributed by atoms with Crippen molar-refractivity contribution < 1.29 is 34.9 Å². The van der Waals surface area contributed by atoms with Crippen molar-refractivity contribution in [3.63, 3.8) is 0 Å². The maximum atomic E-state index is 10.5. The van der Waals surface area contributed by atoms with Crippen molar-refractivity contribution in [3.05, 3.63) is 32.6 Å². The molecular weight excluding hydrogens is 233 g/mol. The Bertz CT molecular complexity index is 366. The summed E-state index contributed by atoms with van der Waals surface area (Å²) in [6.07, 6.45) is 0. The van der Waals surface area contributed by atoms with E-state index in [0.717, 1.165) is 6.07 Å². The van der Waals surface area contributed by atoms with E-state index in [1.165, 1.54) is 0 Å². The van der Waals surface area contributed by atoms with Gasteiger partial charge in [0.05, 0.1) is 0 Å². The zero-order valence-electron chi connectivity index (χ0n) is 6.46. The molecule has 1 heterocycles. The van der Waals surface area contributed by atoms with Gasteiger partial charge in [0, 0.05) is 25.5 Å². The summed E-state index contributed by atoms with van der Waals surface area (Å²) in [5.41, 5.74) is -1.97. The number of carboxylic acid groups (broad SMARTS) is 1. The second-order valence-electron chi connectivity index (χ2n) is 1.81. The van der Waals surface area contributed by atoms with Crippen LogP contribution in [0, 0.1) is 0 Å². The number of nitrogens with one attached hydrogen (secondary N) is 2. The third-order valence-corrected chi connectivity index (χ3v) is 0.991. The summed E-state index contributed by atoms with van der Waals surface area (Å²) in [6, 6.07) is 0.795. The Kier molecular flexibility index (Phi) is 5.92. The largest absolute Gasteiger partial charge is 0.477 e. The summed E-state index contributed by atoms with van der Waals surface area (Å²) >= 11 is 0. The van der Waals surface area contributed by atoms with Crippen molar-refractivity contribution in [1.29, 1.82) is 0 Å². The number of H-pyrrole nitrogens is 2. The number of hydrogen-bond acceptors (Lipinski definition) is 3. The molecule has 0 saturated heterocycles. The normalized spacial score (nSPS) is 8.00. The van der Waals surface area contributed by atoms with Crippen molar-refractivity contribution in [1.82, 2.24) is 9.97 Å². The van der Waals surface area contributed by atoms with E-state index >= 15 is 0 Å². The van der Waals surface area contributed by atoms with Crippen LogP contribution in [0.15, 0.2) is 15.7 Å². The van der Waals surface area contributed by atoms with E-state index in [9.17, 15) is 14.4 Å². The van der Waals surface area contributed by atoms with Gasteiger partial charge in [-0.25, -0.2) is 9.59 Å². The van der Waals surface area contributed by atoms with Gasteiger partial charge in [-0.1, -0.05) is 0 Å². The molecule has 0 fully saturated rings. The molecule has 0 aliphatic carbocycles. The Morgan fingerprint density at radius 3 is 2.23 bits per heavy atom. The van der Waals surface area contributed by atoms with E-state index in [0.29, 0.717) is 0 Å². The fraction of sp³-hybridized carbons (Fsp3) is 0. The molecule has 5 N–H and O–H groups in total. The van der Waals surface area contributed by atoms with Crippen LogP contribution in [0.1, 0.15) is 10.5 Å². The molecule has 68 valence electrons. The van der Waals surface area contributed by atoms with E-state index in [1.807, 2.05) is 9.97 Å². The van der Waals surface area contributed by atoms with Crippen LogP contribution in [0.25, 0.3) is 0 Å². The van der Waals surface area contributed by atoms with Crippen LogP contribution in [-0.2, 0) is 19.5 Å². The van der Waals surface area contributed by atoms with Crippen molar-refractivity contribution in [3.8, 4) is 0 Å². The summed E-state index contributed by atoms with van der Waals surface area (Å²) in [6.45, 7) is 0. The second kappa shape index (κ2) is 5.39. The van der Waals surface area contributed by atoms with Gasteiger partial charge in [-0.05, 0) is 0 Å². The summed E-state index contributed by atoms with van der Waals surface area (Å²) in [4.78, 5) is 34.9. The molecule has 0 unspecified atom stereocenters. The molecule has 1 rings (SSSR count). The first-order valence-electron chi connectivity index (χ1n) is 2.66. The van der Waals surface area contributed by atoms with Crippen LogP contribution >= 0.6 is 0 Å². The number of rotatable bonds is 1. The predicted octanol–water partition coefficient (Wildman–Crippen LogP) is -2.07. The first-order chi connectivity index (χ1) is 5.09. The van der Waals surface area contributed by atoms with Crippen molar-refractivity contribution >= 4 is 5.97 Å². The van der Waals surface area contributed by atoms with Crippen LogP contribution in [0.5, 0.6) is 0 Å². The molecule has 1 aromatic rings. The molecule has 8 heteroatoms. The monoisotopic (exact) mass is 238 g/mol. The molecule has 0 bridgehead atoms. The zero-order chi connectivity index (χ0) is 8.43. The zero-order valence-corrected chi connectivity index (χ0v) is 9.42. The molecule has 0 radical (unpaired) electrons. The Morgan fingerprint density at radius 2 is 1.85 bits per heavy atom. The van der Waals surface area contributed by atoms with Gasteiger partial charge in [0.25, 0.3) is 5.56 Å². The molecule has 7 nitrogen and oxygen atoms in total. The number of hydrogen-bond donors (Lipinski definition) is 3. The average Bonchev–Trinajstić information content (AvgIpc) is 1.85. The number of carbonyl (C=O) groups is 1. The Hall–Kier alpha value is -1.27. The third kappa shape index (κ3) is 3.77. The number of aromatic amines is 2. The number of carboxylic acids is 1. The van der Waals surface area contributed by atoms with E-state index in [1.54, 1.807) is 0 Å². The van der Waals surface area contributed by atoms with Crippen molar-refractivity contribution in [2.45, 2.75) is 0 Å². The molecule has 0 aromatic carbocycles. The van der Waals surface area contributed by atoms with Gasteiger partial charge in [-0.15, -0.1) is 0 Å². The van der Waals surface area contributed by atoms with Gasteiger partial charge in [0.1, 0.15) is 5.69 Å². The topological polar surface area (TPSA) is 135 Å². The van der Waals surface area contributed by atoms with E-state index < -0.39 is 22.9 Å². The minimum Gasteiger partial charge on any atom is -0.477 e. The molecule has 0 amide bonds. The quantitative estimate of drug-likeness (QED) is 0.485. The van der Waals surface area contributed by atoms with Gasteiger partial charge >= 0.3 is 11.7 Å². The van der Waals surface area contributed by atoms with E-state index in [-0.39, 0.29) is 25.0 Å². The molecule has 0 atom stereocenters. The van der Waals surface area contributed by atoms with Crippen LogP contribution in [0.3, 0.4) is 0 Å². The fourth-order valence-electron chi connectivity index (χ4n) is 0.584. The van der Waals surface area contributed by atoms with Gasteiger partial charge < -0.3 is 15.6 Å². The van der Waals surface area contributed by atoms with Crippen molar-refractivity contribution in [2.24, 2.45) is 0 Å². The molecule has 0 aliphatic heterocycles. The maximum Gasteiger partial charge on any atom is 0.352 e. The first kappa shape index (κ1) is 14.3. The Labute approximate surface area is 83.9 Å². The molecule has 0 saturated carbocycles. The predicted molar refractivity (Wildman–Crippen MR) is 38.3 cm³/mol.